The number of hydrogen-bond donors (Lipinski definition) is 12. The Morgan fingerprint density at radius 1 is 0.708 bits per heavy atom. The number of aromatic hydroxyl groups is 1. The van der Waals surface area contributed by atoms with Crippen LogP contribution in [0.5, 0.6) is 11.5 Å². The van der Waals surface area contributed by atoms with E-state index in [2.05, 4.69) is 33.5 Å². The van der Waals surface area contributed by atoms with Gasteiger partial charge in [-0.1, -0.05) is 87.4 Å². The van der Waals surface area contributed by atoms with Crippen LogP contribution in [0, 0.1) is 11.8 Å². The number of benzene rings is 4. The molecule has 0 radical (unpaired) electrons. The van der Waals surface area contributed by atoms with Crippen molar-refractivity contribution in [2.24, 2.45) is 11.8 Å². The van der Waals surface area contributed by atoms with Crippen molar-refractivity contribution >= 4 is 53.0 Å². The lowest BCUT2D eigenvalue weighted by Gasteiger charge is -2.33. The molecule has 7 rings (SSSR count). The number of ketones is 1. The largest absolute Gasteiger partial charge is 0.508 e. The lowest BCUT2D eigenvalue weighted by Crippen LogP contribution is -2.63. The monoisotopic (exact) mass is 1240 g/mol. The number of ether oxygens (including phenoxy) is 1. The Balaban J connectivity index is 1.22. The fourth-order valence-electron chi connectivity index (χ4n) is 10.8. The normalized spacial score (nSPS) is 25.4. The van der Waals surface area contributed by atoms with Crippen molar-refractivity contribution < 1.29 is 91.7 Å². The number of nitrogens with one attached hydrogen (secondary N) is 6. The van der Waals surface area contributed by atoms with Crippen molar-refractivity contribution in [2.45, 2.75) is 139 Å². The van der Waals surface area contributed by atoms with E-state index >= 15 is 0 Å². The van der Waals surface area contributed by atoms with E-state index in [0.29, 0.717) is 17.7 Å². The summed E-state index contributed by atoms with van der Waals surface area (Å²) in [5, 5.41) is 79.3. The first kappa shape index (κ1) is 68.0. The van der Waals surface area contributed by atoms with Crippen LogP contribution in [0.1, 0.15) is 75.7 Å². The van der Waals surface area contributed by atoms with Gasteiger partial charge in [-0.3, -0.25) is 43.2 Å². The van der Waals surface area contributed by atoms with E-state index in [1.165, 1.54) is 48.6 Å². The Labute approximate surface area is 510 Å². The number of fused-ring (bicyclic) bond motifs is 2. The molecular formula is C62H75F3N8O16. The molecule has 0 aromatic heterocycles. The summed E-state index contributed by atoms with van der Waals surface area (Å²) in [6.07, 6.45) is -12.9. The standard InChI is InChI=1S/C62H75F3N8O16/c1-5-6-7-24-89-43-22-18-39(19-23-43)37-12-10-36(11-13-37)38-14-16-40(17-15-38)54(81)68-46-28-66-55(82)45(29-67-61(88)62(63,64)65)69-58(85)52-53(80)32(2)30-73(52)59(86)44(33(3)74)27-49(79)51(48(78)25-35-8-20-41(76)21-9-35)71-57(84)47-26-42(77)31-72(47)60(87)50(34(4)75)70-56(46)83/h8-23,32-34,42,44-48,50-53,74-78,80H,5-7,24-31H2,1-4H3,(H,66,82)(H,67,88)(H,68,81)(H,69,85)(H,70,83)(H,71,84)/t32-,33?,34?,42+,44-,45+,46-,47-,48+,50-,51-,52-,53-/m0/s1. The van der Waals surface area contributed by atoms with E-state index in [-0.39, 0.29) is 11.3 Å². The van der Waals surface area contributed by atoms with E-state index < -0.39 is 183 Å². The Morgan fingerprint density at radius 3 is 1.87 bits per heavy atom. The highest BCUT2D eigenvalue weighted by molar-refractivity contribution is 6.01. The minimum Gasteiger partial charge on any atom is -0.508 e. The Kier molecular flexibility index (Phi) is 23.0. The number of nitrogens with zero attached hydrogens (tertiary/aromatic N) is 2. The zero-order chi connectivity index (χ0) is 65.0. The third kappa shape index (κ3) is 17.4. The second kappa shape index (κ2) is 30.1. The minimum atomic E-state index is -5.51. The summed E-state index contributed by atoms with van der Waals surface area (Å²) in [4.78, 5) is 129. The molecule has 0 saturated carbocycles. The number of aliphatic hydroxyl groups excluding tert-OH is 5. The van der Waals surface area contributed by atoms with Gasteiger partial charge in [0.15, 0.2) is 5.78 Å². The second-order valence-electron chi connectivity index (χ2n) is 22.7. The predicted octanol–water partition coefficient (Wildman–Crippen LogP) is 0.767. The molecule has 3 saturated heterocycles. The molecule has 27 heteroatoms. The van der Waals surface area contributed by atoms with Crippen LogP contribution in [0.2, 0.25) is 0 Å². The molecule has 24 nitrogen and oxygen atoms in total. The third-order valence-electron chi connectivity index (χ3n) is 15.9. The first-order chi connectivity index (χ1) is 42.1. The van der Waals surface area contributed by atoms with Crippen molar-refractivity contribution in [3.63, 3.8) is 0 Å². The average Bonchev–Trinajstić information content (AvgIpc) is 1.88. The number of amides is 8. The number of aliphatic hydroxyl groups is 5. The molecule has 8 amide bonds. The molecule has 12 N–H and O–H groups in total. The van der Waals surface area contributed by atoms with E-state index in [1.807, 2.05) is 48.5 Å². The summed E-state index contributed by atoms with van der Waals surface area (Å²) >= 11 is 0. The van der Waals surface area contributed by atoms with Gasteiger partial charge in [-0.25, -0.2) is 0 Å². The van der Waals surface area contributed by atoms with Crippen LogP contribution >= 0.6 is 0 Å². The quantitative estimate of drug-likeness (QED) is 0.0690. The average molecular weight is 1250 g/mol. The lowest BCUT2D eigenvalue weighted by molar-refractivity contribution is -0.173. The van der Waals surface area contributed by atoms with Crippen LogP contribution in [0.15, 0.2) is 97.1 Å². The number of halogens is 3. The summed E-state index contributed by atoms with van der Waals surface area (Å²) < 4.78 is 46.6. The van der Waals surface area contributed by atoms with E-state index in [4.69, 9.17) is 4.74 Å². The highest BCUT2D eigenvalue weighted by atomic mass is 19.4. The topological polar surface area (TPSA) is 363 Å². The predicted molar refractivity (Wildman–Crippen MR) is 313 cm³/mol. The van der Waals surface area contributed by atoms with Crippen molar-refractivity contribution in [1.82, 2.24) is 41.7 Å². The maximum atomic E-state index is 14.6. The number of phenols is 1. The summed E-state index contributed by atoms with van der Waals surface area (Å²) in [7, 11) is 0. The molecule has 0 spiro atoms. The number of hydrogen-bond acceptors (Lipinski definition) is 16. The van der Waals surface area contributed by atoms with Crippen LogP contribution in [-0.2, 0) is 44.8 Å². The Morgan fingerprint density at radius 2 is 1.29 bits per heavy atom. The summed E-state index contributed by atoms with van der Waals surface area (Å²) in [6, 6.07) is 14.7. The highest BCUT2D eigenvalue weighted by Crippen LogP contribution is 2.31. The number of rotatable bonds is 16. The van der Waals surface area contributed by atoms with Crippen LogP contribution in [0.25, 0.3) is 22.3 Å². The van der Waals surface area contributed by atoms with Crippen LogP contribution in [0.4, 0.5) is 13.2 Å². The number of phenolic OH excluding ortho intramolecular Hbond substituents is 1. The first-order valence-electron chi connectivity index (χ1n) is 29.3. The van der Waals surface area contributed by atoms with Crippen LogP contribution < -0.4 is 36.6 Å². The summed E-state index contributed by atoms with van der Waals surface area (Å²) in [6.45, 7) is 2.97. The molecular weight excluding hydrogens is 1170 g/mol. The van der Waals surface area contributed by atoms with Crippen molar-refractivity contribution in [1.29, 1.82) is 0 Å². The first-order valence-corrected chi connectivity index (χ1v) is 29.3. The van der Waals surface area contributed by atoms with Gasteiger partial charge in [-0.05, 0) is 84.5 Å². The molecule has 480 valence electrons. The Hall–Kier alpha value is -8.50. The molecule has 3 aliphatic heterocycles. The molecule has 13 atom stereocenters. The van der Waals surface area contributed by atoms with Gasteiger partial charge in [0.1, 0.15) is 47.8 Å². The molecule has 3 heterocycles. The molecule has 0 bridgehead atoms. The molecule has 4 aromatic carbocycles. The number of Topliss-reactive ketones (excluding diaryl/α,β-unsaturated/α-hetero) is 1. The maximum Gasteiger partial charge on any atom is 0.471 e. The number of carbonyl (C=O) groups is 9. The smallest absolute Gasteiger partial charge is 0.471 e. The van der Waals surface area contributed by atoms with E-state index in [9.17, 15) is 87.0 Å². The summed E-state index contributed by atoms with van der Waals surface area (Å²) in [5.41, 5.74) is 3.53. The maximum absolute atomic E-state index is 14.6. The zero-order valence-electron chi connectivity index (χ0n) is 49.3. The van der Waals surface area contributed by atoms with E-state index in [0.717, 1.165) is 65.3 Å². The van der Waals surface area contributed by atoms with Gasteiger partial charge in [0.2, 0.25) is 35.4 Å². The fraction of sp³-hybridized carbons (Fsp3) is 0.468. The van der Waals surface area contributed by atoms with Gasteiger partial charge >= 0.3 is 12.1 Å². The fourth-order valence-corrected chi connectivity index (χ4v) is 10.8. The van der Waals surface area contributed by atoms with Gasteiger partial charge in [0.05, 0.1) is 43.0 Å². The van der Waals surface area contributed by atoms with Gasteiger partial charge in [-0.2, -0.15) is 13.2 Å². The molecule has 3 aliphatic rings. The minimum absolute atomic E-state index is 0.0611. The zero-order valence-corrected chi connectivity index (χ0v) is 49.3. The van der Waals surface area contributed by atoms with Gasteiger partial charge < -0.3 is 77.1 Å². The van der Waals surface area contributed by atoms with Crippen LogP contribution in [-0.4, -0.2) is 199 Å². The van der Waals surface area contributed by atoms with E-state index in [1.54, 1.807) is 12.1 Å². The second-order valence-corrected chi connectivity index (χ2v) is 22.7. The van der Waals surface area contributed by atoms with Gasteiger partial charge in [0.25, 0.3) is 5.91 Å². The lowest BCUT2D eigenvalue weighted by atomic mass is 9.89. The van der Waals surface area contributed by atoms with Crippen molar-refractivity contribution in [3.8, 4) is 33.8 Å². The SMILES string of the molecule is CCCCCOc1ccc(-c2ccc(-c3ccc(C(=O)N[C@H]4CNC(=O)[C@@H](CNC(=O)C(F)(F)F)NC(=O)[C@@H]5[C@@H](O)[C@@H](C)CN5C(=O)[C@H](C(C)O)CC(=O)[C@H]([C@H](O)Cc5ccc(O)cc5)NC(=O)[C@@H]5C[C@@H](O)CN5C(=O)[C@H](C(C)O)NC4=O)cc3)cc2)cc1. The number of unbranched alkanes of at least 4 members (excludes halogenated alkanes) is 2. The molecule has 3 fully saturated rings. The Bertz CT molecular complexity index is 3170. The molecule has 2 unspecified atom stereocenters. The van der Waals surface area contributed by atoms with Gasteiger partial charge in [0, 0.05) is 56.9 Å². The van der Waals surface area contributed by atoms with Gasteiger partial charge in [-0.15, -0.1) is 0 Å². The summed E-state index contributed by atoms with van der Waals surface area (Å²) in [5.74, 6) is -14.4. The molecule has 0 aliphatic carbocycles. The third-order valence-corrected chi connectivity index (χ3v) is 15.9. The number of alkyl halides is 3. The number of carbonyl (C=O) groups excluding carboxylic acids is 9. The molecule has 89 heavy (non-hydrogen) atoms. The van der Waals surface area contributed by atoms with Crippen LogP contribution in [0.3, 0.4) is 0 Å². The molecule has 4 aromatic rings. The van der Waals surface area contributed by atoms with Crippen molar-refractivity contribution in [3.05, 3.63) is 108 Å². The highest BCUT2D eigenvalue weighted by Gasteiger charge is 2.50. The van der Waals surface area contributed by atoms with Crippen molar-refractivity contribution in [2.75, 3.05) is 32.8 Å².